The molecule has 2 atom stereocenters. The first kappa shape index (κ1) is 68.8. The molecule has 71 heavy (non-hydrogen) atoms. The van der Waals surface area contributed by atoms with Gasteiger partial charge in [0.15, 0.2) is 0 Å². The minimum absolute atomic E-state index is 0.0618. The Balaban J connectivity index is 3.48. The molecule has 0 rings (SSSR count). The third-order valence-electron chi connectivity index (χ3n) is 14.4. The van der Waals surface area contributed by atoms with Gasteiger partial charge in [-0.2, -0.15) is 0 Å². The van der Waals surface area contributed by atoms with Crippen LogP contribution in [0.2, 0.25) is 0 Å². The van der Waals surface area contributed by atoms with Crippen molar-refractivity contribution in [2.24, 2.45) is 0 Å². The van der Waals surface area contributed by atoms with Crippen molar-refractivity contribution in [3.8, 4) is 0 Å². The molecule has 0 aromatic rings. The quantitative estimate of drug-likeness (QED) is 0.0420. The Morgan fingerprint density at radius 1 is 0.352 bits per heavy atom. The van der Waals surface area contributed by atoms with Crippen molar-refractivity contribution < 1.29 is 15.0 Å². The van der Waals surface area contributed by atoms with Gasteiger partial charge in [-0.15, -0.1) is 0 Å². The maximum Gasteiger partial charge on any atom is 0.220 e. The highest BCUT2D eigenvalue weighted by molar-refractivity contribution is 5.76. The molecule has 3 N–H and O–H groups in total. The van der Waals surface area contributed by atoms with Crippen LogP contribution in [-0.2, 0) is 4.79 Å². The van der Waals surface area contributed by atoms with E-state index in [2.05, 4.69) is 79.9 Å². The summed E-state index contributed by atoms with van der Waals surface area (Å²) in [5.41, 5.74) is 0. The van der Waals surface area contributed by atoms with E-state index in [9.17, 15) is 15.0 Å². The molecular formula is C67H123NO3. The molecule has 0 saturated carbocycles. The molecule has 0 aromatic heterocycles. The molecule has 0 fully saturated rings. The van der Waals surface area contributed by atoms with E-state index < -0.39 is 12.1 Å². The van der Waals surface area contributed by atoms with Gasteiger partial charge in [-0.3, -0.25) is 4.79 Å². The minimum atomic E-state index is -0.843. The van der Waals surface area contributed by atoms with Gasteiger partial charge in [-0.25, -0.2) is 0 Å². The van der Waals surface area contributed by atoms with Gasteiger partial charge in [-0.05, 0) is 64.2 Å². The monoisotopic (exact) mass is 990 g/mol. The number of carbonyl (C=O) groups is 1. The minimum Gasteiger partial charge on any atom is -0.394 e. The third-order valence-corrected chi connectivity index (χ3v) is 14.4. The predicted molar refractivity (Wildman–Crippen MR) is 317 cm³/mol. The number of aliphatic hydroxyl groups excluding tert-OH is 2. The molecule has 0 bridgehead atoms. The molecule has 414 valence electrons. The second kappa shape index (κ2) is 62.1. The lowest BCUT2D eigenvalue weighted by Crippen LogP contribution is -2.45. The van der Waals surface area contributed by atoms with Crippen LogP contribution in [0.5, 0.6) is 0 Å². The predicted octanol–water partition coefficient (Wildman–Crippen LogP) is 21.3. The fourth-order valence-corrected chi connectivity index (χ4v) is 9.68. The normalized spacial score (nSPS) is 13.2. The average molecular weight is 991 g/mol. The van der Waals surface area contributed by atoms with Crippen LogP contribution in [0.1, 0.15) is 328 Å². The topological polar surface area (TPSA) is 69.6 Å². The Morgan fingerprint density at radius 2 is 0.620 bits per heavy atom. The largest absolute Gasteiger partial charge is 0.394 e. The molecule has 0 spiro atoms. The first-order chi connectivity index (χ1) is 35.2. The van der Waals surface area contributed by atoms with Gasteiger partial charge in [0.2, 0.25) is 5.91 Å². The summed E-state index contributed by atoms with van der Waals surface area (Å²) in [7, 11) is 0. The lowest BCUT2D eigenvalue weighted by Gasteiger charge is -2.20. The summed E-state index contributed by atoms with van der Waals surface area (Å²) >= 11 is 0. The molecule has 0 aliphatic heterocycles. The van der Waals surface area contributed by atoms with Crippen molar-refractivity contribution in [2.75, 3.05) is 6.61 Å². The standard InChI is InChI=1S/C67H123NO3/c1-3-5-7-9-11-13-15-17-19-21-23-25-27-29-31-33-34-35-37-39-41-43-45-47-49-51-53-55-57-59-61-63-67(71)68-65(64-69)66(70)62-60-58-56-54-52-50-48-46-44-42-40-38-36-32-30-28-26-24-22-20-18-16-14-12-10-8-6-4-2/h5,7,11,13,17,19,23,25,29,31,60,62,65-66,69-70H,3-4,6,8-10,12,14-16,18,20-22,24,26-28,30,32-59,61,63-64H2,1-2H3,(H,68,71)/b7-5-,13-11-,19-17-,25-23-,31-29-,62-60+. The summed E-state index contributed by atoms with van der Waals surface area (Å²) in [6, 6.07) is -0.626. The molecule has 0 saturated heterocycles. The number of nitrogens with one attached hydrogen (secondary N) is 1. The molecule has 2 unspecified atom stereocenters. The van der Waals surface area contributed by atoms with Gasteiger partial charge in [0.1, 0.15) is 0 Å². The van der Waals surface area contributed by atoms with Crippen molar-refractivity contribution >= 4 is 5.91 Å². The number of hydrogen-bond acceptors (Lipinski definition) is 3. The number of unbranched alkanes of at least 4 members (excludes halogenated alkanes) is 41. The van der Waals surface area contributed by atoms with E-state index in [4.69, 9.17) is 0 Å². The fraction of sp³-hybridized carbons (Fsp3) is 0.806. The summed E-state index contributed by atoms with van der Waals surface area (Å²) in [5, 5.41) is 23.3. The van der Waals surface area contributed by atoms with Crippen molar-refractivity contribution in [1.82, 2.24) is 5.32 Å². The van der Waals surface area contributed by atoms with Crippen molar-refractivity contribution in [3.63, 3.8) is 0 Å². The van der Waals surface area contributed by atoms with E-state index >= 15 is 0 Å². The van der Waals surface area contributed by atoms with E-state index in [0.717, 1.165) is 57.8 Å². The Labute approximate surface area is 444 Å². The average Bonchev–Trinajstić information content (AvgIpc) is 3.37. The maximum absolute atomic E-state index is 12.5. The third kappa shape index (κ3) is 58.6. The molecule has 0 heterocycles. The van der Waals surface area contributed by atoms with Crippen molar-refractivity contribution in [1.29, 1.82) is 0 Å². The summed E-state index contributed by atoms with van der Waals surface area (Å²) in [6.45, 7) is 4.23. The van der Waals surface area contributed by atoms with Crippen LogP contribution in [0.25, 0.3) is 0 Å². The Hall–Kier alpha value is -2.17. The number of rotatable bonds is 58. The number of hydrogen-bond donors (Lipinski definition) is 3. The van der Waals surface area contributed by atoms with E-state index in [1.54, 1.807) is 6.08 Å². The number of allylic oxidation sites excluding steroid dienone is 11. The lowest BCUT2D eigenvalue weighted by molar-refractivity contribution is -0.123. The lowest BCUT2D eigenvalue weighted by atomic mass is 10.0. The highest BCUT2D eigenvalue weighted by Crippen LogP contribution is 2.18. The molecular weight excluding hydrogens is 867 g/mol. The zero-order valence-electron chi connectivity index (χ0n) is 47.7. The van der Waals surface area contributed by atoms with E-state index in [0.29, 0.717) is 6.42 Å². The zero-order chi connectivity index (χ0) is 51.3. The van der Waals surface area contributed by atoms with Crippen LogP contribution >= 0.6 is 0 Å². The number of carbonyl (C=O) groups excluding carboxylic acids is 1. The second-order valence-electron chi connectivity index (χ2n) is 21.5. The smallest absolute Gasteiger partial charge is 0.220 e. The van der Waals surface area contributed by atoms with Crippen LogP contribution in [0.15, 0.2) is 72.9 Å². The first-order valence-corrected chi connectivity index (χ1v) is 31.7. The summed E-state index contributed by atoms with van der Waals surface area (Å²) < 4.78 is 0. The number of amides is 1. The maximum atomic E-state index is 12.5. The highest BCUT2D eigenvalue weighted by atomic mass is 16.3. The van der Waals surface area contributed by atoms with Gasteiger partial charge in [0.05, 0.1) is 18.8 Å². The summed E-state index contributed by atoms with van der Waals surface area (Å²) in [5.74, 6) is -0.0618. The second-order valence-corrected chi connectivity index (χ2v) is 21.5. The molecule has 0 aliphatic carbocycles. The van der Waals surface area contributed by atoms with Crippen LogP contribution in [-0.4, -0.2) is 34.9 Å². The zero-order valence-corrected chi connectivity index (χ0v) is 47.7. The van der Waals surface area contributed by atoms with Gasteiger partial charge < -0.3 is 15.5 Å². The van der Waals surface area contributed by atoms with Crippen LogP contribution < -0.4 is 5.32 Å². The van der Waals surface area contributed by atoms with Crippen molar-refractivity contribution in [2.45, 2.75) is 341 Å². The molecule has 0 radical (unpaired) electrons. The molecule has 4 nitrogen and oxygen atoms in total. The molecule has 1 amide bonds. The van der Waals surface area contributed by atoms with Crippen LogP contribution in [0.3, 0.4) is 0 Å². The summed E-state index contributed by atoms with van der Waals surface area (Å²) in [6.07, 6.45) is 89.5. The molecule has 0 aromatic carbocycles. The van der Waals surface area contributed by atoms with E-state index in [-0.39, 0.29) is 12.5 Å². The van der Waals surface area contributed by atoms with Gasteiger partial charge >= 0.3 is 0 Å². The van der Waals surface area contributed by atoms with Gasteiger partial charge in [0, 0.05) is 6.42 Å². The Kier molecular flexibility index (Phi) is 60.2. The SMILES string of the molecule is CC/C=C\C/C=C\C/C=C\C/C=C\C/C=C\CCCCCCCCCCCCCCCCCC(=O)NC(CO)C(O)/C=C/CCCCCCCCCCCCCCCCCCCCCCCCCCCC. The van der Waals surface area contributed by atoms with Gasteiger partial charge in [-0.1, -0.05) is 331 Å². The highest BCUT2D eigenvalue weighted by Gasteiger charge is 2.18. The number of aliphatic hydroxyl groups is 2. The molecule has 0 aliphatic rings. The van der Waals surface area contributed by atoms with Crippen LogP contribution in [0.4, 0.5) is 0 Å². The summed E-state index contributed by atoms with van der Waals surface area (Å²) in [4.78, 5) is 12.5. The fourth-order valence-electron chi connectivity index (χ4n) is 9.68. The Morgan fingerprint density at radius 3 is 0.930 bits per heavy atom. The van der Waals surface area contributed by atoms with E-state index in [1.807, 2.05) is 6.08 Å². The molecule has 4 heteroatoms. The Bertz CT molecular complexity index is 1210. The van der Waals surface area contributed by atoms with Gasteiger partial charge in [0.25, 0.3) is 0 Å². The van der Waals surface area contributed by atoms with Crippen LogP contribution in [0, 0.1) is 0 Å². The van der Waals surface area contributed by atoms with Crippen molar-refractivity contribution in [3.05, 3.63) is 72.9 Å². The first-order valence-electron chi connectivity index (χ1n) is 31.7. The van der Waals surface area contributed by atoms with E-state index in [1.165, 1.54) is 250 Å².